The van der Waals surface area contributed by atoms with E-state index in [1.54, 1.807) is 19.1 Å². The molecule has 0 aliphatic rings. The molecule has 0 saturated heterocycles. The van der Waals surface area contributed by atoms with Crippen LogP contribution in [0.15, 0.2) is 36.4 Å². The molecule has 2 nitrogen and oxygen atoms in total. The van der Waals surface area contributed by atoms with Crippen LogP contribution in [0.3, 0.4) is 0 Å². The van der Waals surface area contributed by atoms with Gasteiger partial charge in [-0.15, -0.1) is 0 Å². The minimum atomic E-state index is -0.907. The predicted octanol–water partition coefficient (Wildman–Crippen LogP) is 3.56. The van der Waals surface area contributed by atoms with Crippen LogP contribution in [0.4, 0.5) is 8.78 Å². The first kappa shape index (κ1) is 12.4. The number of phenols is 1. The van der Waals surface area contributed by atoms with Gasteiger partial charge in [-0.25, -0.2) is 8.78 Å². The van der Waals surface area contributed by atoms with Crippen LogP contribution in [0.5, 0.6) is 11.5 Å². The van der Waals surface area contributed by atoms with Gasteiger partial charge in [0.2, 0.25) is 0 Å². The summed E-state index contributed by atoms with van der Waals surface area (Å²) in [4.78, 5) is 0. The Morgan fingerprint density at radius 3 is 2.61 bits per heavy atom. The third-order valence-electron chi connectivity index (χ3n) is 2.67. The summed E-state index contributed by atoms with van der Waals surface area (Å²) in [5.74, 6) is -1.26. The highest BCUT2D eigenvalue weighted by Crippen LogP contribution is 2.27. The Labute approximate surface area is 103 Å². The molecule has 18 heavy (non-hydrogen) atoms. The topological polar surface area (TPSA) is 29.5 Å². The number of phenolic OH excluding ortho intramolecular Hbond substituents is 1. The zero-order chi connectivity index (χ0) is 13.1. The molecule has 94 valence electrons. The van der Waals surface area contributed by atoms with Gasteiger partial charge in [0.1, 0.15) is 18.1 Å². The number of halogens is 2. The van der Waals surface area contributed by atoms with Crippen molar-refractivity contribution in [1.82, 2.24) is 0 Å². The summed E-state index contributed by atoms with van der Waals surface area (Å²) in [7, 11) is 0. The van der Waals surface area contributed by atoms with Crippen LogP contribution in [-0.4, -0.2) is 5.11 Å². The Morgan fingerprint density at radius 2 is 1.83 bits per heavy atom. The largest absolute Gasteiger partial charge is 0.508 e. The molecule has 0 atom stereocenters. The van der Waals surface area contributed by atoms with Crippen LogP contribution >= 0.6 is 0 Å². The summed E-state index contributed by atoms with van der Waals surface area (Å²) in [6.45, 7) is 1.60. The van der Waals surface area contributed by atoms with Crippen molar-refractivity contribution in [3.05, 3.63) is 59.2 Å². The highest BCUT2D eigenvalue weighted by atomic mass is 19.2. The van der Waals surface area contributed by atoms with Crippen molar-refractivity contribution in [1.29, 1.82) is 0 Å². The maximum absolute atomic E-state index is 13.4. The molecule has 0 amide bonds. The van der Waals surface area contributed by atoms with Gasteiger partial charge in [-0.2, -0.15) is 0 Å². The average molecular weight is 250 g/mol. The first-order chi connectivity index (χ1) is 8.59. The molecule has 0 aliphatic heterocycles. The molecule has 0 fully saturated rings. The zero-order valence-electron chi connectivity index (χ0n) is 9.78. The van der Waals surface area contributed by atoms with E-state index in [1.165, 1.54) is 18.2 Å². The van der Waals surface area contributed by atoms with E-state index in [0.717, 1.165) is 6.07 Å². The molecule has 0 radical (unpaired) electrons. The predicted molar refractivity (Wildman–Crippen MR) is 63.5 cm³/mol. The molecular weight excluding hydrogens is 238 g/mol. The Morgan fingerprint density at radius 1 is 1.11 bits per heavy atom. The molecule has 0 bridgehead atoms. The van der Waals surface area contributed by atoms with E-state index in [1.807, 2.05) is 0 Å². The quantitative estimate of drug-likeness (QED) is 0.902. The van der Waals surface area contributed by atoms with Gasteiger partial charge in [-0.05, 0) is 25.1 Å². The van der Waals surface area contributed by atoms with Crippen LogP contribution in [0, 0.1) is 18.6 Å². The summed E-state index contributed by atoms with van der Waals surface area (Å²) >= 11 is 0. The molecule has 0 saturated carbocycles. The first-order valence-corrected chi connectivity index (χ1v) is 5.44. The standard InChI is InChI=1S/C14H12F2O2/c1-9-12(17)6-3-7-13(9)18-8-10-4-2-5-11(15)14(10)16/h2-7,17H,8H2,1H3. The number of aromatic hydroxyl groups is 1. The molecule has 2 aromatic carbocycles. The molecule has 0 aliphatic carbocycles. The highest BCUT2D eigenvalue weighted by molar-refractivity contribution is 5.42. The number of ether oxygens (including phenoxy) is 1. The minimum absolute atomic E-state index is 0.0894. The first-order valence-electron chi connectivity index (χ1n) is 5.44. The van der Waals surface area contributed by atoms with Gasteiger partial charge in [-0.1, -0.05) is 18.2 Å². The maximum atomic E-state index is 13.4. The number of benzene rings is 2. The van der Waals surface area contributed by atoms with E-state index < -0.39 is 11.6 Å². The molecule has 1 N–H and O–H groups in total. The summed E-state index contributed by atoms with van der Waals surface area (Å²) in [5.41, 5.74) is 0.701. The van der Waals surface area contributed by atoms with Crippen molar-refractivity contribution in [2.24, 2.45) is 0 Å². The average Bonchev–Trinajstić information content (AvgIpc) is 2.36. The van der Waals surface area contributed by atoms with Crippen molar-refractivity contribution in [2.45, 2.75) is 13.5 Å². The van der Waals surface area contributed by atoms with Crippen LogP contribution in [0.25, 0.3) is 0 Å². The second-order valence-electron chi connectivity index (χ2n) is 3.90. The lowest BCUT2D eigenvalue weighted by Crippen LogP contribution is -2.01. The summed E-state index contributed by atoms with van der Waals surface area (Å²) < 4.78 is 31.7. The highest BCUT2D eigenvalue weighted by Gasteiger charge is 2.09. The fourth-order valence-corrected chi connectivity index (χ4v) is 1.57. The maximum Gasteiger partial charge on any atom is 0.165 e. The summed E-state index contributed by atoms with van der Waals surface area (Å²) in [6.07, 6.45) is 0. The number of hydrogen-bond donors (Lipinski definition) is 1. The second-order valence-corrected chi connectivity index (χ2v) is 3.90. The van der Waals surface area contributed by atoms with Crippen molar-refractivity contribution >= 4 is 0 Å². The van der Waals surface area contributed by atoms with Gasteiger partial charge in [0, 0.05) is 11.1 Å². The lowest BCUT2D eigenvalue weighted by atomic mass is 10.2. The van der Waals surface area contributed by atoms with Gasteiger partial charge < -0.3 is 9.84 Å². The fourth-order valence-electron chi connectivity index (χ4n) is 1.57. The van der Waals surface area contributed by atoms with E-state index in [-0.39, 0.29) is 17.9 Å². The molecule has 4 heteroatoms. The molecule has 0 aromatic heterocycles. The smallest absolute Gasteiger partial charge is 0.165 e. The van der Waals surface area contributed by atoms with Crippen LogP contribution in [-0.2, 0) is 6.61 Å². The van der Waals surface area contributed by atoms with Crippen LogP contribution < -0.4 is 4.74 Å². The number of hydrogen-bond acceptors (Lipinski definition) is 2. The van der Waals surface area contributed by atoms with Crippen LogP contribution in [0.1, 0.15) is 11.1 Å². The van der Waals surface area contributed by atoms with E-state index in [4.69, 9.17) is 4.74 Å². The molecular formula is C14H12F2O2. The van der Waals surface area contributed by atoms with E-state index in [9.17, 15) is 13.9 Å². The van der Waals surface area contributed by atoms with Crippen molar-refractivity contribution in [3.63, 3.8) is 0 Å². The Kier molecular flexibility index (Phi) is 3.46. The minimum Gasteiger partial charge on any atom is -0.508 e. The van der Waals surface area contributed by atoms with Gasteiger partial charge in [0.05, 0.1) is 0 Å². The molecule has 0 spiro atoms. The zero-order valence-corrected chi connectivity index (χ0v) is 9.78. The Bertz CT molecular complexity index is 516. The molecule has 0 heterocycles. The van der Waals surface area contributed by atoms with Gasteiger partial charge >= 0.3 is 0 Å². The SMILES string of the molecule is Cc1c(O)cccc1OCc1cccc(F)c1F. The second kappa shape index (κ2) is 5.04. The third kappa shape index (κ3) is 2.42. The lowest BCUT2D eigenvalue weighted by Gasteiger charge is -2.10. The van der Waals surface area contributed by atoms with Crippen LogP contribution in [0.2, 0.25) is 0 Å². The monoisotopic (exact) mass is 250 g/mol. The Hall–Kier alpha value is -2.10. The van der Waals surface area contributed by atoms with Gasteiger partial charge in [0.15, 0.2) is 11.6 Å². The number of rotatable bonds is 3. The molecule has 2 rings (SSSR count). The van der Waals surface area contributed by atoms with E-state index in [0.29, 0.717) is 11.3 Å². The van der Waals surface area contributed by atoms with Gasteiger partial charge in [-0.3, -0.25) is 0 Å². The molecule has 0 unspecified atom stereocenters. The van der Waals surface area contributed by atoms with Crippen molar-refractivity contribution in [2.75, 3.05) is 0 Å². The third-order valence-corrected chi connectivity index (χ3v) is 2.67. The summed E-state index contributed by atoms with van der Waals surface area (Å²) in [6, 6.07) is 8.75. The Balaban J connectivity index is 2.17. The van der Waals surface area contributed by atoms with E-state index in [2.05, 4.69) is 0 Å². The summed E-state index contributed by atoms with van der Waals surface area (Å²) in [5, 5.41) is 9.48. The normalized spacial score (nSPS) is 10.4. The van der Waals surface area contributed by atoms with E-state index >= 15 is 0 Å². The van der Waals surface area contributed by atoms with Crippen molar-refractivity contribution < 1.29 is 18.6 Å². The fraction of sp³-hybridized carbons (Fsp3) is 0.143. The lowest BCUT2D eigenvalue weighted by molar-refractivity contribution is 0.293. The van der Waals surface area contributed by atoms with Gasteiger partial charge in [0.25, 0.3) is 0 Å². The van der Waals surface area contributed by atoms with Crippen molar-refractivity contribution in [3.8, 4) is 11.5 Å². The molecule has 2 aromatic rings.